The Bertz CT molecular complexity index is 621. The Labute approximate surface area is 119 Å². The van der Waals surface area contributed by atoms with E-state index < -0.39 is 17.5 Å². The van der Waals surface area contributed by atoms with E-state index in [1.807, 2.05) is 20.8 Å². The zero-order chi connectivity index (χ0) is 15.1. The molecular formula is C14H15F3N2S. The second-order valence-corrected chi connectivity index (χ2v) is 6.74. The lowest BCUT2D eigenvalue weighted by atomic mass is 9.90. The SMILES string of the molecule is CC(C)(C)c1nc(N)sc1Cc1cc(F)c(F)c(F)c1. The molecule has 0 spiro atoms. The lowest BCUT2D eigenvalue weighted by molar-refractivity contribution is 0.445. The molecular weight excluding hydrogens is 285 g/mol. The highest BCUT2D eigenvalue weighted by molar-refractivity contribution is 7.15. The lowest BCUT2D eigenvalue weighted by Crippen LogP contribution is -2.14. The van der Waals surface area contributed by atoms with Crippen molar-refractivity contribution in [2.24, 2.45) is 0 Å². The van der Waals surface area contributed by atoms with Gasteiger partial charge in [0, 0.05) is 16.7 Å². The summed E-state index contributed by atoms with van der Waals surface area (Å²) in [5, 5.41) is 0.410. The van der Waals surface area contributed by atoms with E-state index in [1.54, 1.807) is 0 Å². The molecule has 2 N–H and O–H groups in total. The van der Waals surface area contributed by atoms with Crippen LogP contribution in [0.4, 0.5) is 18.3 Å². The maximum Gasteiger partial charge on any atom is 0.194 e. The van der Waals surface area contributed by atoms with Crippen molar-refractivity contribution in [2.45, 2.75) is 32.6 Å². The van der Waals surface area contributed by atoms with Gasteiger partial charge in [-0.3, -0.25) is 0 Å². The molecule has 20 heavy (non-hydrogen) atoms. The molecule has 0 aliphatic rings. The Morgan fingerprint density at radius 3 is 2.20 bits per heavy atom. The molecule has 0 bridgehead atoms. The predicted octanol–water partition coefficient (Wildman–Crippen LogP) is 4.03. The number of anilines is 1. The number of nitrogens with zero attached hydrogens (tertiary/aromatic N) is 1. The van der Waals surface area contributed by atoms with Gasteiger partial charge in [-0.25, -0.2) is 18.2 Å². The fourth-order valence-corrected chi connectivity index (χ4v) is 3.05. The van der Waals surface area contributed by atoms with Crippen LogP contribution in [0.5, 0.6) is 0 Å². The first kappa shape index (κ1) is 14.8. The summed E-state index contributed by atoms with van der Waals surface area (Å²) in [6.07, 6.45) is 0.273. The Kier molecular flexibility index (Phi) is 3.77. The van der Waals surface area contributed by atoms with E-state index in [2.05, 4.69) is 4.98 Å². The normalized spacial score (nSPS) is 11.9. The molecule has 0 aliphatic carbocycles. The van der Waals surface area contributed by atoms with Gasteiger partial charge in [0.05, 0.1) is 5.69 Å². The summed E-state index contributed by atoms with van der Waals surface area (Å²) in [6.45, 7) is 5.95. The molecule has 0 atom stereocenters. The third kappa shape index (κ3) is 2.95. The minimum atomic E-state index is -1.45. The lowest BCUT2D eigenvalue weighted by Gasteiger charge is -2.17. The number of nitrogen functional groups attached to an aromatic ring is 1. The topological polar surface area (TPSA) is 38.9 Å². The molecule has 0 saturated carbocycles. The van der Waals surface area contributed by atoms with Crippen molar-refractivity contribution in [3.05, 3.63) is 45.7 Å². The van der Waals surface area contributed by atoms with Crippen LogP contribution in [0.15, 0.2) is 12.1 Å². The smallest absolute Gasteiger partial charge is 0.194 e. The van der Waals surface area contributed by atoms with Crippen molar-refractivity contribution < 1.29 is 13.2 Å². The molecule has 0 amide bonds. The number of benzene rings is 1. The van der Waals surface area contributed by atoms with E-state index in [0.717, 1.165) is 22.7 Å². The van der Waals surface area contributed by atoms with Crippen molar-refractivity contribution in [2.75, 3.05) is 5.73 Å². The summed E-state index contributed by atoms with van der Waals surface area (Å²) in [7, 11) is 0. The molecule has 6 heteroatoms. The molecule has 0 radical (unpaired) electrons. The van der Waals surface area contributed by atoms with Crippen molar-refractivity contribution in [3.8, 4) is 0 Å². The largest absolute Gasteiger partial charge is 0.375 e. The third-order valence-corrected chi connectivity index (χ3v) is 3.72. The summed E-state index contributed by atoms with van der Waals surface area (Å²) >= 11 is 1.28. The standard InChI is InChI=1S/C14H15F3N2S/c1-14(2,3)12-10(20-13(18)19-12)6-7-4-8(15)11(17)9(16)5-7/h4-5H,6H2,1-3H3,(H2,18,19). The van der Waals surface area contributed by atoms with Crippen LogP contribution >= 0.6 is 11.3 Å². The van der Waals surface area contributed by atoms with Gasteiger partial charge >= 0.3 is 0 Å². The fraction of sp³-hybridized carbons (Fsp3) is 0.357. The number of thiazole rings is 1. The maximum atomic E-state index is 13.2. The van der Waals surface area contributed by atoms with Gasteiger partial charge in [0.2, 0.25) is 0 Å². The van der Waals surface area contributed by atoms with Crippen LogP contribution in [-0.4, -0.2) is 4.98 Å². The average molecular weight is 300 g/mol. The molecule has 0 unspecified atom stereocenters. The number of rotatable bonds is 2. The Morgan fingerprint density at radius 2 is 1.70 bits per heavy atom. The number of halogens is 3. The molecule has 1 heterocycles. The van der Waals surface area contributed by atoms with Crippen LogP contribution in [0.25, 0.3) is 0 Å². The van der Waals surface area contributed by atoms with Crippen LogP contribution in [0.1, 0.15) is 36.9 Å². The zero-order valence-corrected chi connectivity index (χ0v) is 12.2. The van der Waals surface area contributed by atoms with Crippen molar-refractivity contribution >= 4 is 16.5 Å². The van der Waals surface area contributed by atoms with Gasteiger partial charge in [-0.2, -0.15) is 0 Å². The predicted molar refractivity (Wildman–Crippen MR) is 74.3 cm³/mol. The Hall–Kier alpha value is -1.56. The molecule has 2 rings (SSSR count). The summed E-state index contributed by atoms with van der Waals surface area (Å²) in [5.41, 5.74) is 6.64. The van der Waals surface area contributed by atoms with E-state index in [4.69, 9.17) is 5.73 Å². The first-order chi connectivity index (χ1) is 9.18. The highest BCUT2D eigenvalue weighted by Crippen LogP contribution is 2.32. The van der Waals surface area contributed by atoms with Gasteiger partial charge in [-0.15, -0.1) is 11.3 Å². The number of hydrogen-bond donors (Lipinski definition) is 1. The average Bonchev–Trinajstić information content (AvgIpc) is 2.67. The van der Waals surface area contributed by atoms with Crippen LogP contribution < -0.4 is 5.73 Å². The monoisotopic (exact) mass is 300 g/mol. The fourth-order valence-electron chi connectivity index (χ4n) is 1.97. The molecule has 0 saturated heterocycles. The minimum absolute atomic E-state index is 0.222. The maximum absolute atomic E-state index is 13.2. The third-order valence-electron chi connectivity index (χ3n) is 2.83. The van der Waals surface area contributed by atoms with Crippen LogP contribution in [-0.2, 0) is 11.8 Å². The van der Waals surface area contributed by atoms with Gasteiger partial charge in [0.25, 0.3) is 0 Å². The van der Waals surface area contributed by atoms with Gasteiger partial charge in [-0.05, 0) is 17.7 Å². The first-order valence-electron chi connectivity index (χ1n) is 6.07. The van der Waals surface area contributed by atoms with E-state index in [9.17, 15) is 13.2 Å². The molecule has 108 valence electrons. The summed E-state index contributed by atoms with van der Waals surface area (Å²) in [5.74, 6) is -3.82. The Morgan fingerprint density at radius 1 is 1.15 bits per heavy atom. The summed E-state index contributed by atoms with van der Waals surface area (Å²) in [4.78, 5) is 5.11. The van der Waals surface area contributed by atoms with Crippen LogP contribution in [0.3, 0.4) is 0 Å². The van der Waals surface area contributed by atoms with Gasteiger partial charge in [-0.1, -0.05) is 20.8 Å². The van der Waals surface area contributed by atoms with Crippen LogP contribution in [0.2, 0.25) is 0 Å². The van der Waals surface area contributed by atoms with Gasteiger partial charge < -0.3 is 5.73 Å². The highest BCUT2D eigenvalue weighted by Gasteiger charge is 2.23. The number of hydrogen-bond acceptors (Lipinski definition) is 3. The molecule has 1 aromatic carbocycles. The number of nitrogens with two attached hydrogens (primary N) is 1. The van der Waals surface area contributed by atoms with Crippen molar-refractivity contribution in [3.63, 3.8) is 0 Å². The molecule has 0 fully saturated rings. The zero-order valence-electron chi connectivity index (χ0n) is 11.4. The van der Waals surface area contributed by atoms with E-state index in [0.29, 0.717) is 10.7 Å². The first-order valence-corrected chi connectivity index (χ1v) is 6.89. The van der Waals surface area contributed by atoms with Crippen LogP contribution in [0, 0.1) is 17.5 Å². The molecule has 0 aliphatic heterocycles. The van der Waals surface area contributed by atoms with E-state index >= 15 is 0 Å². The van der Waals surface area contributed by atoms with E-state index in [1.165, 1.54) is 11.3 Å². The van der Waals surface area contributed by atoms with Crippen molar-refractivity contribution in [1.29, 1.82) is 0 Å². The highest BCUT2D eigenvalue weighted by atomic mass is 32.1. The Balaban J connectivity index is 2.40. The number of aromatic nitrogens is 1. The second-order valence-electron chi connectivity index (χ2n) is 5.62. The minimum Gasteiger partial charge on any atom is -0.375 e. The summed E-state index contributed by atoms with van der Waals surface area (Å²) in [6, 6.07) is 2.00. The molecule has 1 aromatic heterocycles. The van der Waals surface area contributed by atoms with Gasteiger partial charge in [0.1, 0.15) is 0 Å². The van der Waals surface area contributed by atoms with Crippen molar-refractivity contribution in [1.82, 2.24) is 4.98 Å². The summed E-state index contributed by atoms with van der Waals surface area (Å²) < 4.78 is 39.4. The molecule has 2 aromatic rings. The van der Waals surface area contributed by atoms with E-state index in [-0.39, 0.29) is 11.8 Å². The molecule has 2 nitrogen and oxygen atoms in total. The quantitative estimate of drug-likeness (QED) is 0.850. The second kappa shape index (κ2) is 5.09. The van der Waals surface area contributed by atoms with Gasteiger partial charge in [0.15, 0.2) is 22.6 Å².